The topological polar surface area (TPSA) is 42.7 Å². The summed E-state index contributed by atoms with van der Waals surface area (Å²) in [6.45, 7) is 2.68. The summed E-state index contributed by atoms with van der Waals surface area (Å²) in [4.78, 5) is 14.6. The van der Waals surface area contributed by atoms with Gasteiger partial charge in [-0.25, -0.2) is 0 Å². The molecule has 1 aliphatic rings. The van der Waals surface area contributed by atoms with E-state index in [1.165, 1.54) is 11.8 Å². The van der Waals surface area contributed by atoms with Crippen molar-refractivity contribution in [2.45, 2.75) is 6.92 Å². The van der Waals surface area contributed by atoms with Crippen LogP contribution < -0.4 is 4.74 Å². The molecule has 1 saturated heterocycles. The number of hydrogen-bond acceptors (Lipinski definition) is 5. The first-order chi connectivity index (χ1) is 11.1. The van der Waals surface area contributed by atoms with Gasteiger partial charge >= 0.3 is 0 Å². The fourth-order valence-corrected chi connectivity index (χ4v) is 3.41. The van der Waals surface area contributed by atoms with E-state index in [-0.39, 0.29) is 5.91 Å². The summed E-state index contributed by atoms with van der Waals surface area (Å²) < 4.78 is 11.6. The molecule has 0 radical (unpaired) electrons. The van der Waals surface area contributed by atoms with Gasteiger partial charge in [-0.2, -0.15) is 0 Å². The monoisotopic (exact) mass is 345 g/mol. The lowest BCUT2D eigenvalue weighted by molar-refractivity contribution is -0.122. The molecule has 23 heavy (non-hydrogen) atoms. The van der Waals surface area contributed by atoms with Crippen molar-refractivity contribution in [2.75, 3.05) is 13.2 Å². The zero-order chi connectivity index (χ0) is 16.2. The van der Waals surface area contributed by atoms with Crippen LogP contribution in [-0.4, -0.2) is 28.3 Å². The van der Waals surface area contributed by atoms with E-state index >= 15 is 0 Å². The van der Waals surface area contributed by atoms with Crippen LogP contribution in [0.25, 0.3) is 6.08 Å². The van der Waals surface area contributed by atoms with E-state index in [0.29, 0.717) is 28.1 Å². The molecule has 118 valence electrons. The Hall–Kier alpha value is -2.05. The molecule has 1 aromatic carbocycles. The summed E-state index contributed by atoms with van der Waals surface area (Å²) in [6.07, 6.45) is 1.73. The molecule has 1 fully saturated rings. The van der Waals surface area contributed by atoms with Crippen LogP contribution in [0.2, 0.25) is 0 Å². The van der Waals surface area contributed by atoms with Gasteiger partial charge in [0.25, 0.3) is 5.91 Å². The number of ether oxygens (including phenoxy) is 1. The molecule has 0 atom stereocenters. The van der Waals surface area contributed by atoms with Gasteiger partial charge in [0.05, 0.1) is 11.4 Å². The van der Waals surface area contributed by atoms with Gasteiger partial charge in [0, 0.05) is 6.08 Å². The molecular weight excluding hydrogens is 330 g/mol. The van der Waals surface area contributed by atoms with Crippen LogP contribution in [0, 0.1) is 6.92 Å². The smallest absolute Gasteiger partial charge is 0.266 e. The van der Waals surface area contributed by atoms with Gasteiger partial charge < -0.3 is 9.15 Å². The van der Waals surface area contributed by atoms with E-state index in [4.69, 9.17) is 21.4 Å². The molecule has 1 aliphatic heterocycles. The Morgan fingerprint density at radius 3 is 2.74 bits per heavy atom. The average molecular weight is 345 g/mol. The predicted molar refractivity (Wildman–Crippen MR) is 95.3 cm³/mol. The van der Waals surface area contributed by atoms with Crippen LogP contribution in [-0.2, 0) is 4.79 Å². The molecular formula is C17H15NO3S2. The third-order valence-corrected chi connectivity index (χ3v) is 4.61. The van der Waals surface area contributed by atoms with E-state index in [1.807, 2.05) is 49.4 Å². The van der Waals surface area contributed by atoms with Crippen LogP contribution >= 0.6 is 24.0 Å². The number of nitrogens with zero attached hydrogens (tertiary/aromatic N) is 1. The molecule has 0 N–H and O–H groups in total. The Kier molecular flexibility index (Phi) is 4.83. The molecule has 4 nitrogen and oxygen atoms in total. The summed E-state index contributed by atoms with van der Waals surface area (Å²) in [7, 11) is 0. The first-order valence-corrected chi connectivity index (χ1v) is 8.35. The Morgan fingerprint density at radius 1 is 1.26 bits per heavy atom. The Balaban J connectivity index is 1.61. The van der Waals surface area contributed by atoms with Gasteiger partial charge in [0.15, 0.2) is 0 Å². The second-order valence-electron chi connectivity index (χ2n) is 4.94. The van der Waals surface area contributed by atoms with Crippen molar-refractivity contribution in [1.82, 2.24) is 4.90 Å². The van der Waals surface area contributed by atoms with Gasteiger partial charge in [-0.3, -0.25) is 9.69 Å². The highest BCUT2D eigenvalue weighted by Gasteiger charge is 2.32. The molecule has 0 unspecified atom stereocenters. The molecule has 0 aliphatic carbocycles. The van der Waals surface area contributed by atoms with Crippen molar-refractivity contribution >= 4 is 40.3 Å². The minimum Gasteiger partial charge on any atom is -0.492 e. The first-order valence-electron chi connectivity index (χ1n) is 7.13. The van der Waals surface area contributed by atoms with Crippen molar-refractivity contribution in [3.8, 4) is 5.75 Å². The van der Waals surface area contributed by atoms with Crippen LogP contribution in [0.4, 0.5) is 0 Å². The molecule has 0 saturated carbocycles. The highest BCUT2D eigenvalue weighted by molar-refractivity contribution is 8.26. The van der Waals surface area contributed by atoms with Crippen LogP contribution in [0.1, 0.15) is 11.5 Å². The van der Waals surface area contributed by atoms with Gasteiger partial charge in [0.2, 0.25) is 0 Å². The summed E-state index contributed by atoms with van der Waals surface area (Å²) in [6, 6.07) is 13.2. The third-order valence-electron chi connectivity index (χ3n) is 3.23. The molecule has 2 aromatic rings. The van der Waals surface area contributed by atoms with Crippen molar-refractivity contribution in [3.63, 3.8) is 0 Å². The van der Waals surface area contributed by atoms with Crippen molar-refractivity contribution in [2.24, 2.45) is 0 Å². The number of carbonyl (C=O) groups is 1. The zero-order valence-electron chi connectivity index (χ0n) is 12.5. The number of aryl methyl sites for hydroxylation is 1. The van der Waals surface area contributed by atoms with E-state index < -0.39 is 0 Å². The number of thioether (sulfide) groups is 1. The van der Waals surface area contributed by atoms with Crippen LogP contribution in [0.5, 0.6) is 5.75 Å². The van der Waals surface area contributed by atoms with Gasteiger partial charge in [0.1, 0.15) is 28.2 Å². The Bertz CT molecular complexity index is 752. The second kappa shape index (κ2) is 7.02. The third kappa shape index (κ3) is 3.83. The van der Waals surface area contributed by atoms with E-state index in [1.54, 1.807) is 11.0 Å². The lowest BCUT2D eigenvalue weighted by Crippen LogP contribution is -2.32. The quantitative estimate of drug-likeness (QED) is 0.608. The Morgan fingerprint density at radius 2 is 2.04 bits per heavy atom. The zero-order valence-corrected chi connectivity index (χ0v) is 14.2. The molecule has 0 bridgehead atoms. The summed E-state index contributed by atoms with van der Waals surface area (Å²) in [5.74, 6) is 2.14. The lowest BCUT2D eigenvalue weighted by Gasteiger charge is -2.14. The number of thiocarbonyl (C=S) groups is 1. The minimum atomic E-state index is -0.106. The number of amides is 1. The van der Waals surface area contributed by atoms with Crippen molar-refractivity contribution in [3.05, 3.63) is 58.9 Å². The summed E-state index contributed by atoms with van der Waals surface area (Å²) >= 11 is 6.57. The second-order valence-corrected chi connectivity index (χ2v) is 6.62. The average Bonchev–Trinajstić information content (AvgIpc) is 3.06. The van der Waals surface area contributed by atoms with Gasteiger partial charge in [-0.05, 0) is 31.2 Å². The Labute approximate surface area is 144 Å². The SMILES string of the molecule is Cc1ccc(/C=C2\SC(=S)N(CCOc3ccccc3)C2=O)o1. The highest BCUT2D eigenvalue weighted by Crippen LogP contribution is 2.32. The minimum absolute atomic E-state index is 0.106. The standard InChI is InChI=1S/C17H15NO3S2/c1-12-7-8-14(21-12)11-15-16(19)18(17(22)23-15)9-10-20-13-5-3-2-4-6-13/h2-8,11H,9-10H2,1H3/b15-11-. The molecule has 3 rings (SSSR count). The summed E-state index contributed by atoms with van der Waals surface area (Å²) in [5, 5.41) is 0. The van der Waals surface area contributed by atoms with Gasteiger partial charge in [-0.1, -0.05) is 42.2 Å². The fourth-order valence-electron chi connectivity index (χ4n) is 2.12. The summed E-state index contributed by atoms with van der Waals surface area (Å²) in [5.41, 5.74) is 0. The number of furan rings is 1. The molecule has 1 aromatic heterocycles. The lowest BCUT2D eigenvalue weighted by atomic mass is 10.3. The number of hydrogen-bond donors (Lipinski definition) is 0. The normalized spacial score (nSPS) is 16.4. The van der Waals surface area contributed by atoms with Crippen molar-refractivity contribution < 1.29 is 13.9 Å². The van der Waals surface area contributed by atoms with Crippen LogP contribution in [0.3, 0.4) is 0 Å². The van der Waals surface area contributed by atoms with Gasteiger partial charge in [-0.15, -0.1) is 0 Å². The van der Waals surface area contributed by atoms with E-state index in [9.17, 15) is 4.79 Å². The highest BCUT2D eigenvalue weighted by atomic mass is 32.2. The maximum Gasteiger partial charge on any atom is 0.266 e. The van der Waals surface area contributed by atoms with E-state index in [2.05, 4.69) is 0 Å². The first kappa shape index (κ1) is 15.8. The predicted octanol–water partition coefficient (Wildman–Crippen LogP) is 3.87. The largest absolute Gasteiger partial charge is 0.492 e. The molecule has 2 heterocycles. The fraction of sp³-hybridized carbons (Fsp3) is 0.176. The molecule has 0 spiro atoms. The number of benzene rings is 1. The molecule has 1 amide bonds. The van der Waals surface area contributed by atoms with E-state index in [0.717, 1.165) is 11.5 Å². The number of para-hydroxylation sites is 1. The number of rotatable bonds is 5. The maximum atomic E-state index is 12.4. The number of carbonyl (C=O) groups excluding carboxylic acids is 1. The molecule has 6 heteroatoms. The van der Waals surface area contributed by atoms with Crippen molar-refractivity contribution in [1.29, 1.82) is 0 Å². The maximum absolute atomic E-state index is 12.4. The van der Waals surface area contributed by atoms with Crippen LogP contribution in [0.15, 0.2) is 51.8 Å².